The van der Waals surface area contributed by atoms with Gasteiger partial charge in [0, 0.05) is 19.3 Å². The number of thioether (sulfide) groups is 1. The predicted molar refractivity (Wildman–Crippen MR) is 140 cm³/mol. The van der Waals surface area contributed by atoms with Crippen LogP contribution >= 0.6 is 24.0 Å². The third-order valence-corrected chi connectivity index (χ3v) is 7.59. The van der Waals surface area contributed by atoms with Gasteiger partial charge in [-0.1, -0.05) is 36.1 Å². The minimum Gasteiger partial charge on any atom is -0.454 e. The van der Waals surface area contributed by atoms with Crippen LogP contribution in [0.2, 0.25) is 0 Å². The molecule has 1 N–H and O–H groups in total. The number of nitrogens with zero attached hydrogens (tertiary/aromatic N) is 3. The summed E-state index contributed by atoms with van der Waals surface area (Å²) in [5.41, 5.74) is 1.42. The fourth-order valence-corrected chi connectivity index (χ4v) is 5.61. The van der Waals surface area contributed by atoms with Crippen molar-refractivity contribution in [1.82, 2.24) is 14.3 Å². The lowest BCUT2D eigenvalue weighted by molar-refractivity contribution is -0.122. The molecule has 3 aliphatic rings. The summed E-state index contributed by atoms with van der Waals surface area (Å²) >= 11 is 6.69. The second-order valence-electron chi connectivity index (χ2n) is 8.58. The van der Waals surface area contributed by atoms with Crippen LogP contribution in [0.15, 0.2) is 52.3 Å². The molecular formula is C25H22N4O5S2. The van der Waals surface area contributed by atoms with Crippen LogP contribution in [0.5, 0.6) is 11.5 Å². The molecule has 11 heteroatoms. The average Bonchev–Trinajstić information content (AvgIpc) is 3.63. The van der Waals surface area contributed by atoms with Crippen LogP contribution in [-0.2, 0) is 16.1 Å². The normalized spacial score (nSPS) is 20.2. The van der Waals surface area contributed by atoms with E-state index >= 15 is 0 Å². The average molecular weight is 523 g/mol. The molecule has 2 fully saturated rings. The van der Waals surface area contributed by atoms with Gasteiger partial charge in [0.05, 0.1) is 23.1 Å². The summed E-state index contributed by atoms with van der Waals surface area (Å²) in [6.07, 6.45) is 5.28. The van der Waals surface area contributed by atoms with E-state index in [2.05, 4.69) is 10.3 Å². The summed E-state index contributed by atoms with van der Waals surface area (Å²) in [6.45, 7) is 1.74. The van der Waals surface area contributed by atoms with Gasteiger partial charge in [-0.05, 0) is 48.7 Å². The maximum Gasteiger partial charge on any atom is 0.267 e. The van der Waals surface area contributed by atoms with Crippen LogP contribution in [0, 0.1) is 0 Å². The number of carbonyl (C=O) groups excluding carboxylic acids is 1. The molecule has 3 aliphatic heterocycles. The Morgan fingerprint density at radius 3 is 2.94 bits per heavy atom. The number of anilines is 1. The Kier molecular flexibility index (Phi) is 6.12. The quantitative estimate of drug-likeness (QED) is 0.386. The fraction of sp³-hybridized carbons (Fsp3) is 0.280. The van der Waals surface area contributed by atoms with Crippen LogP contribution in [0.25, 0.3) is 11.7 Å². The summed E-state index contributed by atoms with van der Waals surface area (Å²) in [4.78, 5) is 33.3. The first-order valence-electron chi connectivity index (χ1n) is 11.6. The molecule has 36 heavy (non-hydrogen) atoms. The molecule has 3 aromatic rings. The molecule has 184 valence electrons. The van der Waals surface area contributed by atoms with Gasteiger partial charge in [0.1, 0.15) is 15.8 Å². The number of aromatic nitrogens is 2. The van der Waals surface area contributed by atoms with E-state index in [0.29, 0.717) is 44.3 Å². The number of fused-ring (bicyclic) bond motifs is 2. The van der Waals surface area contributed by atoms with Gasteiger partial charge in [-0.3, -0.25) is 18.9 Å². The Balaban J connectivity index is 1.31. The predicted octanol–water partition coefficient (Wildman–Crippen LogP) is 3.42. The van der Waals surface area contributed by atoms with Gasteiger partial charge in [-0.15, -0.1) is 0 Å². The Hall–Kier alpha value is -3.41. The van der Waals surface area contributed by atoms with Crippen molar-refractivity contribution in [3.8, 4) is 11.5 Å². The fourth-order valence-electron chi connectivity index (χ4n) is 4.37. The molecule has 0 bridgehead atoms. The summed E-state index contributed by atoms with van der Waals surface area (Å²) in [7, 11) is 0. The number of pyridine rings is 1. The molecule has 5 heterocycles. The largest absolute Gasteiger partial charge is 0.454 e. The van der Waals surface area contributed by atoms with Gasteiger partial charge in [0.2, 0.25) is 6.79 Å². The lowest BCUT2D eigenvalue weighted by Crippen LogP contribution is -2.27. The lowest BCUT2D eigenvalue weighted by Gasteiger charge is -2.15. The molecule has 1 amide bonds. The van der Waals surface area contributed by atoms with E-state index in [1.165, 1.54) is 21.1 Å². The molecule has 0 spiro atoms. The number of hydrogen-bond acceptors (Lipinski definition) is 9. The monoisotopic (exact) mass is 522 g/mol. The Morgan fingerprint density at radius 1 is 1.19 bits per heavy atom. The van der Waals surface area contributed by atoms with Crippen LogP contribution in [0.1, 0.15) is 24.0 Å². The Morgan fingerprint density at radius 2 is 2.08 bits per heavy atom. The van der Waals surface area contributed by atoms with Crippen molar-refractivity contribution in [3.05, 3.63) is 69.0 Å². The first-order chi connectivity index (χ1) is 17.6. The van der Waals surface area contributed by atoms with E-state index in [4.69, 9.17) is 26.4 Å². The third kappa shape index (κ3) is 4.34. The number of nitrogens with one attached hydrogen (secondary N) is 1. The highest BCUT2D eigenvalue weighted by atomic mass is 32.2. The number of amides is 1. The van der Waals surface area contributed by atoms with E-state index in [1.807, 2.05) is 24.3 Å². The number of benzene rings is 1. The Labute approximate surface area is 216 Å². The van der Waals surface area contributed by atoms with Crippen LogP contribution in [0.4, 0.5) is 5.82 Å². The van der Waals surface area contributed by atoms with Crippen molar-refractivity contribution in [1.29, 1.82) is 0 Å². The molecule has 0 saturated carbocycles. The Bertz CT molecular complexity index is 1460. The smallest absolute Gasteiger partial charge is 0.267 e. The highest BCUT2D eigenvalue weighted by Gasteiger charge is 2.33. The first-order valence-corrected chi connectivity index (χ1v) is 12.8. The van der Waals surface area contributed by atoms with Crippen molar-refractivity contribution in [3.63, 3.8) is 0 Å². The summed E-state index contributed by atoms with van der Waals surface area (Å²) < 4.78 is 18.4. The van der Waals surface area contributed by atoms with E-state index in [0.717, 1.165) is 25.0 Å². The van der Waals surface area contributed by atoms with Gasteiger partial charge >= 0.3 is 0 Å². The molecule has 0 radical (unpaired) electrons. The van der Waals surface area contributed by atoms with Gasteiger partial charge in [-0.25, -0.2) is 4.98 Å². The molecule has 9 nitrogen and oxygen atoms in total. The highest BCUT2D eigenvalue weighted by molar-refractivity contribution is 8.26. The number of thiocarbonyl (C=S) groups is 1. The topological polar surface area (TPSA) is 94.4 Å². The van der Waals surface area contributed by atoms with Crippen molar-refractivity contribution in [2.75, 3.05) is 25.3 Å². The zero-order valence-corrected chi connectivity index (χ0v) is 20.8. The lowest BCUT2D eigenvalue weighted by atomic mass is 10.2. The van der Waals surface area contributed by atoms with Crippen molar-refractivity contribution in [2.45, 2.75) is 25.5 Å². The molecule has 0 aliphatic carbocycles. The van der Waals surface area contributed by atoms with Crippen molar-refractivity contribution < 1.29 is 19.0 Å². The van der Waals surface area contributed by atoms with E-state index in [9.17, 15) is 9.59 Å². The number of ether oxygens (including phenoxy) is 3. The van der Waals surface area contributed by atoms with Crippen LogP contribution < -0.4 is 20.3 Å². The standard InChI is InChI=1S/C25H22N4O5S2/c30-23-17(22(26-12-16-4-3-9-32-16)27-21-5-1-2-8-28(21)23)11-20-24(31)29(25(35)36-20)13-15-6-7-18-19(10-15)34-14-33-18/h1-2,5-8,10-11,16,26H,3-4,9,12-14H2/b20-11-. The zero-order valence-electron chi connectivity index (χ0n) is 19.1. The second-order valence-corrected chi connectivity index (χ2v) is 10.3. The molecule has 2 aromatic heterocycles. The number of rotatable bonds is 6. The van der Waals surface area contributed by atoms with Gasteiger partial charge in [0.15, 0.2) is 11.5 Å². The molecule has 1 unspecified atom stereocenters. The van der Waals surface area contributed by atoms with Crippen molar-refractivity contribution >= 4 is 51.7 Å². The van der Waals surface area contributed by atoms with Crippen LogP contribution in [0.3, 0.4) is 0 Å². The maximum atomic E-state index is 13.4. The van der Waals surface area contributed by atoms with Gasteiger partial charge < -0.3 is 19.5 Å². The molecule has 6 rings (SSSR count). The summed E-state index contributed by atoms with van der Waals surface area (Å²) in [5.74, 6) is 1.48. The first kappa shape index (κ1) is 23.0. The summed E-state index contributed by atoms with van der Waals surface area (Å²) in [6, 6.07) is 10.9. The molecule has 1 atom stereocenters. The number of carbonyl (C=O) groups is 1. The van der Waals surface area contributed by atoms with Crippen molar-refractivity contribution in [2.24, 2.45) is 0 Å². The van der Waals surface area contributed by atoms with E-state index < -0.39 is 0 Å². The zero-order chi connectivity index (χ0) is 24.6. The van der Waals surface area contributed by atoms with E-state index in [-0.39, 0.29) is 30.9 Å². The van der Waals surface area contributed by atoms with E-state index in [1.54, 1.807) is 24.4 Å². The summed E-state index contributed by atoms with van der Waals surface area (Å²) in [5, 5.41) is 3.28. The number of hydrogen-bond donors (Lipinski definition) is 1. The van der Waals surface area contributed by atoms with Gasteiger partial charge in [0.25, 0.3) is 11.5 Å². The highest BCUT2D eigenvalue weighted by Crippen LogP contribution is 2.36. The van der Waals surface area contributed by atoms with Gasteiger partial charge in [-0.2, -0.15) is 0 Å². The maximum absolute atomic E-state index is 13.4. The minimum atomic E-state index is -0.267. The third-order valence-electron chi connectivity index (χ3n) is 6.22. The molecule has 2 saturated heterocycles. The second kappa shape index (κ2) is 9.57. The van der Waals surface area contributed by atoms with Crippen LogP contribution in [-0.4, -0.2) is 50.6 Å². The minimum absolute atomic E-state index is 0.0637. The SMILES string of the molecule is O=C1/C(=C/c2c(NCC3CCCO3)nc3ccccn3c2=O)SC(=S)N1Cc1ccc2c(c1)OCO2. The molecule has 1 aromatic carbocycles. The molecular weight excluding hydrogens is 500 g/mol.